The highest BCUT2D eigenvalue weighted by molar-refractivity contribution is 5.78. The van der Waals surface area contributed by atoms with Gasteiger partial charge in [0, 0.05) is 25.7 Å². The fourth-order valence-electron chi connectivity index (χ4n) is 3.80. The van der Waals surface area contributed by atoms with Gasteiger partial charge in [-0.3, -0.25) is 14.6 Å². The molecule has 21 heavy (non-hydrogen) atoms. The summed E-state index contributed by atoms with van der Waals surface area (Å²) in [6.45, 7) is 11.1. The standard InChI is InChI=1S/C17H33N3O/c1-3-19(4-2)17(21)15-18-11-9-10-16(14-18)20-12-7-5-6-8-13-20/h16H,3-15H2,1-2H3/t16-/m0/s1. The fraction of sp³-hybridized carbons (Fsp3) is 0.941. The zero-order valence-electron chi connectivity index (χ0n) is 14.0. The van der Waals surface area contributed by atoms with E-state index in [0.717, 1.165) is 26.2 Å². The van der Waals surface area contributed by atoms with E-state index in [9.17, 15) is 4.79 Å². The van der Waals surface area contributed by atoms with Crippen LogP contribution in [0.5, 0.6) is 0 Å². The number of amides is 1. The third-order valence-electron chi connectivity index (χ3n) is 5.11. The van der Waals surface area contributed by atoms with Crippen molar-refractivity contribution in [1.82, 2.24) is 14.7 Å². The number of nitrogens with zero attached hydrogens (tertiary/aromatic N) is 3. The summed E-state index contributed by atoms with van der Waals surface area (Å²) in [5.41, 5.74) is 0. The van der Waals surface area contributed by atoms with Crippen LogP contribution >= 0.6 is 0 Å². The lowest BCUT2D eigenvalue weighted by Crippen LogP contribution is -2.51. The van der Waals surface area contributed by atoms with Gasteiger partial charge in [0.25, 0.3) is 0 Å². The van der Waals surface area contributed by atoms with Crippen LogP contribution < -0.4 is 0 Å². The second-order valence-electron chi connectivity index (χ2n) is 6.55. The zero-order valence-corrected chi connectivity index (χ0v) is 14.0. The molecule has 0 aromatic rings. The Labute approximate surface area is 130 Å². The van der Waals surface area contributed by atoms with Crippen LogP contribution in [0.1, 0.15) is 52.4 Å². The van der Waals surface area contributed by atoms with Crippen LogP contribution in [0.25, 0.3) is 0 Å². The van der Waals surface area contributed by atoms with Crippen LogP contribution in [0.2, 0.25) is 0 Å². The summed E-state index contributed by atoms with van der Waals surface area (Å²) >= 11 is 0. The van der Waals surface area contributed by atoms with E-state index in [-0.39, 0.29) is 0 Å². The lowest BCUT2D eigenvalue weighted by molar-refractivity contribution is -0.132. The fourth-order valence-corrected chi connectivity index (χ4v) is 3.80. The largest absolute Gasteiger partial charge is 0.342 e. The summed E-state index contributed by atoms with van der Waals surface area (Å²) in [6, 6.07) is 0.682. The maximum atomic E-state index is 12.3. The monoisotopic (exact) mass is 295 g/mol. The van der Waals surface area contributed by atoms with E-state index in [4.69, 9.17) is 0 Å². The molecule has 122 valence electrons. The molecule has 0 unspecified atom stereocenters. The molecule has 4 heteroatoms. The van der Waals surface area contributed by atoms with Gasteiger partial charge in [-0.05, 0) is 59.2 Å². The predicted octanol–water partition coefficient (Wildman–Crippen LogP) is 2.20. The number of carbonyl (C=O) groups excluding carboxylic acids is 1. The minimum Gasteiger partial charge on any atom is -0.342 e. The maximum absolute atomic E-state index is 12.3. The molecule has 2 aliphatic rings. The summed E-state index contributed by atoms with van der Waals surface area (Å²) in [7, 11) is 0. The Balaban J connectivity index is 1.83. The van der Waals surface area contributed by atoms with Gasteiger partial charge in [-0.15, -0.1) is 0 Å². The van der Waals surface area contributed by atoms with Crippen LogP contribution in [0.4, 0.5) is 0 Å². The minimum atomic E-state index is 0.302. The van der Waals surface area contributed by atoms with E-state index < -0.39 is 0 Å². The van der Waals surface area contributed by atoms with Crippen LogP contribution in [0, 0.1) is 0 Å². The molecule has 2 aliphatic heterocycles. The molecule has 0 N–H and O–H groups in total. The Morgan fingerprint density at radius 1 is 1.00 bits per heavy atom. The van der Waals surface area contributed by atoms with Crippen LogP contribution in [0.3, 0.4) is 0 Å². The number of piperidine rings is 1. The first-order valence-electron chi connectivity index (χ1n) is 8.98. The summed E-state index contributed by atoms with van der Waals surface area (Å²) in [5.74, 6) is 0.302. The van der Waals surface area contributed by atoms with Gasteiger partial charge in [0.15, 0.2) is 0 Å². The van der Waals surface area contributed by atoms with Crippen molar-refractivity contribution in [3.05, 3.63) is 0 Å². The molecule has 0 saturated carbocycles. The molecule has 2 saturated heterocycles. The molecule has 2 fully saturated rings. The number of rotatable bonds is 5. The molecule has 0 radical (unpaired) electrons. The van der Waals surface area contributed by atoms with E-state index in [1.807, 2.05) is 4.90 Å². The lowest BCUT2D eigenvalue weighted by Gasteiger charge is -2.39. The third-order valence-corrected chi connectivity index (χ3v) is 5.11. The topological polar surface area (TPSA) is 26.8 Å². The van der Waals surface area contributed by atoms with Crippen LogP contribution in [-0.2, 0) is 4.79 Å². The highest BCUT2D eigenvalue weighted by atomic mass is 16.2. The number of hydrogen-bond acceptors (Lipinski definition) is 3. The first kappa shape index (κ1) is 16.8. The lowest BCUT2D eigenvalue weighted by atomic mass is 10.0. The zero-order chi connectivity index (χ0) is 15.1. The van der Waals surface area contributed by atoms with Crippen molar-refractivity contribution in [3.8, 4) is 0 Å². The normalized spacial score (nSPS) is 25.5. The quantitative estimate of drug-likeness (QED) is 0.778. The first-order chi connectivity index (χ1) is 10.2. The van der Waals surface area contributed by atoms with Gasteiger partial charge in [-0.2, -0.15) is 0 Å². The molecule has 2 heterocycles. The molecule has 0 aromatic heterocycles. The van der Waals surface area contributed by atoms with E-state index >= 15 is 0 Å². The second kappa shape index (κ2) is 8.74. The molecule has 0 aliphatic carbocycles. The molecule has 1 atom stereocenters. The van der Waals surface area contributed by atoms with Crippen molar-refractivity contribution in [2.24, 2.45) is 0 Å². The number of hydrogen-bond donors (Lipinski definition) is 0. The Morgan fingerprint density at radius 3 is 2.29 bits per heavy atom. The van der Waals surface area contributed by atoms with Gasteiger partial charge < -0.3 is 4.90 Å². The Morgan fingerprint density at radius 2 is 1.67 bits per heavy atom. The summed E-state index contributed by atoms with van der Waals surface area (Å²) in [4.78, 5) is 19.3. The van der Waals surface area contributed by atoms with Crippen LogP contribution in [0.15, 0.2) is 0 Å². The van der Waals surface area contributed by atoms with Gasteiger partial charge in [0.05, 0.1) is 6.54 Å². The summed E-state index contributed by atoms with van der Waals surface area (Å²) < 4.78 is 0. The highest BCUT2D eigenvalue weighted by Gasteiger charge is 2.27. The molecule has 0 spiro atoms. The molecule has 1 amide bonds. The first-order valence-corrected chi connectivity index (χ1v) is 8.98. The Bertz CT molecular complexity index is 309. The second-order valence-corrected chi connectivity index (χ2v) is 6.55. The predicted molar refractivity (Wildman–Crippen MR) is 87.4 cm³/mol. The number of likely N-dealkylation sites (N-methyl/N-ethyl adjacent to an activating group) is 1. The molecule has 2 rings (SSSR count). The van der Waals surface area contributed by atoms with Crippen LogP contribution in [-0.4, -0.2) is 72.5 Å². The Hall–Kier alpha value is -0.610. The average molecular weight is 295 g/mol. The van der Waals surface area contributed by atoms with Gasteiger partial charge in [0.1, 0.15) is 0 Å². The number of carbonyl (C=O) groups is 1. The van der Waals surface area contributed by atoms with E-state index in [2.05, 4.69) is 23.6 Å². The summed E-state index contributed by atoms with van der Waals surface area (Å²) in [5, 5.41) is 0. The molecule has 0 aromatic carbocycles. The van der Waals surface area contributed by atoms with Crippen molar-refractivity contribution in [3.63, 3.8) is 0 Å². The number of likely N-dealkylation sites (tertiary alicyclic amines) is 2. The average Bonchev–Trinajstić information content (AvgIpc) is 2.78. The molecule has 4 nitrogen and oxygen atoms in total. The molecular formula is C17H33N3O. The van der Waals surface area contributed by atoms with Crippen molar-refractivity contribution < 1.29 is 4.79 Å². The Kier molecular flexibility index (Phi) is 6.97. The molecular weight excluding hydrogens is 262 g/mol. The summed E-state index contributed by atoms with van der Waals surface area (Å²) in [6.07, 6.45) is 8.06. The highest BCUT2D eigenvalue weighted by Crippen LogP contribution is 2.20. The van der Waals surface area contributed by atoms with Crippen molar-refractivity contribution in [2.75, 3.05) is 45.8 Å². The minimum absolute atomic E-state index is 0.302. The van der Waals surface area contributed by atoms with Crippen molar-refractivity contribution >= 4 is 5.91 Å². The maximum Gasteiger partial charge on any atom is 0.236 e. The van der Waals surface area contributed by atoms with E-state index in [1.54, 1.807) is 0 Å². The smallest absolute Gasteiger partial charge is 0.236 e. The van der Waals surface area contributed by atoms with Gasteiger partial charge >= 0.3 is 0 Å². The SMILES string of the molecule is CCN(CC)C(=O)CN1CCC[C@H](N2CCCCCC2)C1. The van der Waals surface area contributed by atoms with Gasteiger partial charge in [0.2, 0.25) is 5.91 Å². The van der Waals surface area contributed by atoms with Crippen molar-refractivity contribution in [1.29, 1.82) is 0 Å². The van der Waals surface area contributed by atoms with Crippen molar-refractivity contribution in [2.45, 2.75) is 58.4 Å². The molecule has 0 bridgehead atoms. The van der Waals surface area contributed by atoms with Gasteiger partial charge in [-0.1, -0.05) is 12.8 Å². The van der Waals surface area contributed by atoms with Gasteiger partial charge in [-0.25, -0.2) is 0 Å². The third kappa shape index (κ3) is 4.96. The van der Waals surface area contributed by atoms with E-state index in [1.165, 1.54) is 51.6 Å². The van der Waals surface area contributed by atoms with E-state index in [0.29, 0.717) is 18.5 Å².